The fourth-order valence-corrected chi connectivity index (χ4v) is 3.63. The largest absolute Gasteiger partial charge is 0.349 e. The van der Waals surface area contributed by atoms with E-state index in [-0.39, 0.29) is 23.9 Å². The number of rotatable bonds is 5. The van der Waals surface area contributed by atoms with Gasteiger partial charge in [-0.1, -0.05) is 24.6 Å². The van der Waals surface area contributed by atoms with Gasteiger partial charge in [-0.05, 0) is 37.8 Å². The number of carbonyl (C=O) groups is 1. The molecule has 1 saturated carbocycles. The molecule has 7 heteroatoms. The van der Waals surface area contributed by atoms with Gasteiger partial charge in [0.2, 0.25) is 15.9 Å². The number of hydrogen-bond acceptors (Lipinski definition) is 4. The summed E-state index contributed by atoms with van der Waals surface area (Å²) in [5.41, 5.74) is 7.17. The Kier molecular flexibility index (Phi) is 5.64. The molecule has 2 rings (SSSR count). The monoisotopic (exact) mass is 339 g/mol. The summed E-state index contributed by atoms with van der Waals surface area (Å²) in [4.78, 5) is 12.4. The van der Waals surface area contributed by atoms with Gasteiger partial charge in [-0.3, -0.25) is 9.52 Å². The number of para-hydroxylation sites is 1. The minimum Gasteiger partial charge on any atom is -0.349 e. The van der Waals surface area contributed by atoms with Crippen LogP contribution in [0.4, 0.5) is 5.69 Å². The lowest BCUT2D eigenvalue weighted by molar-refractivity contribution is -0.126. The number of nitrogens with two attached hydrogens (primary N) is 1. The van der Waals surface area contributed by atoms with Crippen molar-refractivity contribution >= 4 is 21.6 Å². The Hall–Kier alpha value is -1.60. The Bertz CT molecular complexity index is 660. The summed E-state index contributed by atoms with van der Waals surface area (Å²) >= 11 is 0. The van der Waals surface area contributed by atoms with Crippen LogP contribution in [0.5, 0.6) is 0 Å². The van der Waals surface area contributed by atoms with Gasteiger partial charge < -0.3 is 11.1 Å². The zero-order valence-electron chi connectivity index (χ0n) is 13.6. The first-order valence-corrected chi connectivity index (χ1v) is 9.78. The predicted octanol–water partition coefficient (Wildman–Crippen LogP) is 1.75. The molecule has 0 saturated heterocycles. The second-order valence-corrected chi connectivity index (χ2v) is 8.06. The number of hydrogen-bond donors (Lipinski definition) is 3. The van der Waals surface area contributed by atoms with E-state index in [1.807, 2.05) is 19.1 Å². The van der Waals surface area contributed by atoms with Gasteiger partial charge >= 0.3 is 0 Å². The standard InChI is InChI=1S/C16H25N3O3S/c1-11(18-16(20)12-6-5-7-13(17)10-12)14-8-3-4-9-15(14)19-23(2,21)22/h3-4,8-9,11-13,19H,5-7,10,17H2,1-2H3,(H,18,20). The van der Waals surface area contributed by atoms with Crippen molar-refractivity contribution in [3.8, 4) is 0 Å². The maximum Gasteiger partial charge on any atom is 0.229 e. The van der Waals surface area contributed by atoms with Gasteiger partial charge in [0.05, 0.1) is 18.0 Å². The normalized spacial score (nSPS) is 23.1. The van der Waals surface area contributed by atoms with Crippen LogP contribution in [-0.2, 0) is 14.8 Å². The fraction of sp³-hybridized carbons (Fsp3) is 0.562. The highest BCUT2D eigenvalue weighted by Crippen LogP contribution is 2.26. The van der Waals surface area contributed by atoms with Crippen molar-refractivity contribution in [2.75, 3.05) is 11.0 Å². The summed E-state index contributed by atoms with van der Waals surface area (Å²) in [6.07, 6.45) is 4.62. The second kappa shape index (κ2) is 7.31. The van der Waals surface area contributed by atoms with Crippen LogP contribution in [0.25, 0.3) is 0 Å². The molecule has 1 aromatic rings. The maximum absolute atomic E-state index is 12.4. The summed E-state index contributed by atoms with van der Waals surface area (Å²) in [6, 6.07) is 6.88. The topological polar surface area (TPSA) is 101 Å². The van der Waals surface area contributed by atoms with Crippen LogP contribution in [0.15, 0.2) is 24.3 Å². The van der Waals surface area contributed by atoms with Gasteiger partial charge in [0.1, 0.15) is 0 Å². The molecule has 4 N–H and O–H groups in total. The molecule has 0 radical (unpaired) electrons. The summed E-state index contributed by atoms with van der Waals surface area (Å²) < 4.78 is 25.4. The maximum atomic E-state index is 12.4. The molecule has 1 amide bonds. The van der Waals surface area contributed by atoms with Crippen molar-refractivity contribution in [3.05, 3.63) is 29.8 Å². The van der Waals surface area contributed by atoms with Gasteiger partial charge in [0.25, 0.3) is 0 Å². The summed E-state index contributed by atoms with van der Waals surface area (Å²) in [5, 5.41) is 2.98. The third-order valence-corrected chi connectivity index (χ3v) is 4.76. The molecule has 3 unspecified atom stereocenters. The molecule has 0 aliphatic heterocycles. The van der Waals surface area contributed by atoms with Gasteiger partial charge in [-0.2, -0.15) is 0 Å². The van der Waals surface area contributed by atoms with Gasteiger partial charge in [-0.25, -0.2) is 8.42 Å². The van der Waals surface area contributed by atoms with Crippen LogP contribution >= 0.6 is 0 Å². The van der Waals surface area contributed by atoms with Crippen LogP contribution in [0.1, 0.15) is 44.2 Å². The Morgan fingerprint density at radius 2 is 2.00 bits per heavy atom. The van der Waals surface area contributed by atoms with E-state index in [0.29, 0.717) is 12.1 Å². The van der Waals surface area contributed by atoms with E-state index in [4.69, 9.17) is 5.73 Å². The molecule has 128 valence electrons. The second-order valence-electron chi connectivity index (χ2n) is 6.32. The first kappa shape index (κ1) is 17.7. The van der Waals surface area contributed by atoms with Crippen molar-refractivity contribution in [2.24, 2.45) is 11.7 Å². The van der Waals surface area contributed by atoms with Crippen LogP contribution in [0, 0.1) is 5.92 Å². The average Bonchev–Trinajstić information content (AvgIpc) is 2.46. The number of amides is 1. The Balaban J connectivity index is 2.08. The molecule has 3 atom stereocenters. The predicted molar refractivity (Wildman–Crippen MR) is 91.4 cm³/mol. The molecule has 1 aliphatic rings. The van der Waals surface area contributed by atoms with E-state index in [9.17, 15) is 13.2 Å². The highest BCUT2D eigenvalue weighted by atomic mass is 32.2. The number of benzene rings is 1. The quantitative estimate of drug-likeness (QED) is 0.760. The van der Waals surface area contributed by atoms with Crippen LogP contribution < -0.4 is 15.8 Å². The first-order valence-electron chi connectivity index (χ1n) is 7.89. The molecule has 0 bridgehead atoms. The number of anilines is 1. The van der Waals surface area contributed by atoms with Gasteiger partial charge in [-0.15, -0.1) is 0 Å². The summed E-state index contributed by atoms with van der Waals surface area (Å²) in [5.74, 6) is -0.0713. The minimum absolute atomic E-state index is 0.0122. The average molecular weight is 339 g/mol. The minimum atomic E-state index is -3.37. The first-order chi connectivity index (χ1) is 10.8. The van der Waals surface area contributed by atoms with Crippen molar-refractivity contribution in [3.63, 3.8) is 0 Å². The third kappa shape index (κ3) is 5.21. The highest BCUT2D eigenvalue weighted by Gasteiger charge is 2.26. The number of nitrogens with one attached hydrogen (secondary N) is 2. The lowest BCUT2D eigenvalue weighted by atomic mass is 9.85. The zero-order valence-corrected chi connectivity index (χ0v) is 14.4. The number of sulfonamides is 1. The van der Waals surface area contributed by atoms with Crippen molar-refractivity contribution in [2.45, 2.75) is 44.7 Å². The molecular weight excluding hydrogens is 314 g/mol. The molecular formula is C16H25N3O3S. The summed E-state index contributed by atoms with van der Waals surface area (Å²) in [6.45, 7) is 1.85. The van der Waals surface area contributed by atoms with Crippen molar-refractivity contribution < 1.29 is 13.2 Å². The molecule has 6 nitrogen and oxygen atoms in total. The van der Waals surface area contributed by atoms with E-state index in [1.165, 1.54) is 0 Å². The van der Waals surface area contributed by atoms with E-state index in [0.717, 1.165) is 31.1 Å². The SMILES string of the molecule is CC(NC(=O)C1CCCC(N)C1)c1ccccc1NS(C)(=O)=O. The number of carbonyl (C=O) groups excluding carboxylic acids is 1. The molecule has 23 heavy (non-hydrogen) atoms. The fourth-order valence-electron chi connectivity index (χ4n) is 3.04. The lowest BCUT2D eigenvalue weighted by Gasteiger charge is -2.27. The van der Waals surface area contributed by atoms with E-state index in [2.05, 4.69) is 10.0 Å². The van der Waals surface area contributed by atoms with E-state index in [1.54, 1.807) is 12.1 Å². The van der Waals surface area contributed by atoms with Crippen molar-refractivity contribution in [1.29, 1.82) is 0 Å². The molecule has 0 aromatic heterocycles. The molecule has 1 aliphatic carbocycles. The Labute approximate surface area is 137 Å². The lowest BCUT2D eigenvalue weighted by Crippen LogP contribution is -2.38. The smallest absolute Gasteiger partial charge is 0.229 e. The molecule has 1 fully saturated rings. The van der Waals surface area contributed by atoms with Gasteiger partial charge in [0, 0.05) is 12.0 Å². The molecule has 0 heterocycles. The Morgan fingerprint density at radius 1 is 1.30 bits per heavy atom. The zero-order chi connectivity index (χ0) is 17.0. The summed E-state index contributed by atoms with van der Waals surface area (Å²) in [7, 11) is -3.37. The van der Waals surface area contributed by atoms with Crippen LogP contribution in [0.3, 0.4) is 0 Å². The van der Waals surface area contributed by atoms with E-state index < -0.39 is 10.0 Å². The van der Waals surface area contributed by atoms with Crippen molar-refractivity contribution in [1.82, 2.24) is 5.32 Å². The highest BCUT2D eigenvalue weighted by molar-refractivity contribution is 7.92. The Morgan fingerprint density at radius 3 is 2.65 bits per heavy atom. The molecule has 1 aromatic carbocycles. The van der Waals surface area contributed by atoms with Crippen LogP contribution in [0.2, 0.25) is 0 Å². The third-order valence-electron chi connectivity index (χ3n) is 4.17. The van der Waals surface area contributed by atoms with Gasteiger partial charge in [0.15, 0.2) is 0 Å². The van der Waals surface area contributed by atoms with E-state index >= 15 is 0 Å². The van der Waals surface area contributed by atoms with Crippen LogP contribution in [-0.4, -0.2) is 26.6 Å². The molecule has 0 spiro atoms.